The molecular formula is C26H19NO2. The van der Waals surface area contributed by atoms with Crippen LogP contribution < -0.4 is 0 Å². The summed E-state index contributed by atoms with van der Waals surface area (Å²) < 4.78 is 2.21. The van der Waals surface area contributed by atoms with Crippen LogP contribution in [-0.2, 0) is 0 Å². The Morgan fingerprint density at radius 2 is 1.45 bits per heavy atom. The largest absolute Gasteiger partial charge is 0.388 e. The van der Waals surface area contributed by atoms with Crippen molar-refractivity contribution in [2.75, 3.05) is 6.61 Å². The van der Waals surface area contributed by atoms with E-state index in [0.717, 1.165) is 38.6 Å². The predicted octanol–water partition coefficient (Wildman–Crippen LogP) is 5.63. The molecule has 1 N–H and O–H groups in total. The zero-order valence-electron chi connectivity index (χ0n) is 15.7. The minimum Gasteiger partial charge on any atom is -0.388 e. The highest BCUT2D eigenvalue weighted by atomic mass is 16.3. The van der Waals surface area contributed by atoms with E-state index < -0.39 is 6.61 Å². The Labute approximate surface area is 168 Å². The molecule has 0 fully saturated rings. The summed E-state index contributed by atoms with van der Waals surface area (Å²) >= 11 is 0. The third-order valence-corrected chi connectivity index (χ3v) is 5.33. The van der Waals surface area contributed by atoms with Crippen LogP contribution in [-0.4, -0.2) is 22.1 Å². The van der Waals surface area contributed by atoms with E-state index in [1.165, 1.54) is 0 Å². The lowest BCUT2D eigenvalue weighted by atomic mass is 10.0. The normalized spacial score (nSPS) is 11.2. The number of para-hydroxylation sites is 1. The van der Waals surface area contributed by atoms with E-state index in [-0.39, 0.29) is 5.78 Å². The van der Waals surface area contributed by atoms with Gasteiger partial charge < -0.3 is 9.67 Å². The first kappa shape index (κ1) is 17.4. The van der Waals surface area contributed by atoms with E-state index in [1.54, 1.807) is 0 Å². The first-order chi connectivity index (χ1) is 14.3. The summed E-state index contributed by atoms with van der Waals surface area (Å²) in [5.41, 5.74) is 4.68. The van der Waals surface area contributed by atoms with Crippen molar-refractivity contribution in [2.24, 2.45) is 0 Å². The molecule has 29 heavy (non-hydrogen) atoms. The highest BCUT2D eigenvalue weighted by Crippen LogP contribution is 2.35. The zero-order chi connectivity index (χ0) is 19.8. The Kier molecular flexibility index (Phi) is 4.23. The minimum absolute atomic E-state index is 0.283. The van der Waals surface area contributed by atoms with Crippen molar-refractivity contribution in [2.45, 2.75) is 0 Å². The molecule has 0 saturated carbocycles. The van der Waals surface area contributed by atoms with E-state index >= 15 is 0 Å². The average Bonchev–Trinajstić information content (AvgIpc) is 3.18. The number of hydrogen-bond donors (Lipinski definition) is 1. The lowest BCUT2D eigenvalue weighted by Crippen LogP contribution is -2.06. The fourth-order valence-electron chi connectivity index (χ4n) is 3.96. The second kappa shape index (κ2) is 7.04. The number of hydrogen-bond acceptors (Lipinski definition) is 2. The summed E-state index contributed by atoms with van der Waals surface area (Å²) in [5, 5.41) is 12.6. The lowest BCUT2D eigenvalue weighted by molar-refractivity contribution is 0.0904. The lowest BCUT2D eigenvalue weighted by Gasteiger charge is -2.16. The Morgan fingerprint density at radius 3 is 2.24 bits per heavy atom. The predicted molar refractivity (Wildman–Crippen MR) is 118 cm³/mol. The van der Waals surface area contributed by atoms with Gasteiger partial charge in [0.05, 0.1) is 16.9 Å². The smallest absolute Gasteiger partial charge is 0.188 e. The molecule has 0 atom stereocenters. The molecule has 4 aromatic carbocycles. The van der Waals surface area contributed by atoms with E-state index in [4.69, 9.17) is 0 Å². The number of nitrogens with zero attached hydrogens (tertiary/aromatic N) is 1. The maximum atomic E-state index is 12.3. The number of aromatic nitrogens is 1. The van der Waals surface area contributed by atoms with Gasteiger partial charge in [-0.2, -0.15) is 0 Å². The molecule has 0 aliphatic rings. The number of aliphatic hydroxyl groups is 1. The van der Waals surface area contributed by atoms with Crippen molar-refractivity contribution in [1.82, 2.24) is 4.57 Å². The molecule has 1 aromatic heterocycles. The van der Waals surface area contributed by atoms with Gasteiger partial charge >= 0.3 is 0 Å². The Bertz CT molecular complexity index is 1350. The van der Waals surface area contributed by atoms with Gasteiger partial charge in [0.1, 0.15) is 6.61 Å². The molecule has 0 aliphatic carbocycles. The van der Waals surface area contributed by atoms with Gasteiger partial charge in [-0.05, 0) is 35.2 Å². The minimum atomic E-state index is -0.504. The third kappa shape index (κ3) is 2.93. The highest BCUT2D eigenvalue weighted by Gasteiger charge is 2.16. The van der Waals surface area contributed by atoms with Crippen molar-refractivity contribution >= 4 is 27.5 Å². The molecule has 0 radical (unpaired) electrons. The molecule has 0 amide bonds. The number of fused-ring (bicyclic) bond motifs is 2. The number of carbonyl (C=O) groups is 1. The monoisotopic (exact) mass is 377 g/mol. The zero-order valence-corrected chi connectivity index (χ0v) is 15.7. The molecule has 1 heterocycles. The molecule has 0 saturated heterocycles. The summed E-state index contributed by atoms with van der Waals surface area (Å²) in [7, 11) is 0. The molecule has 0 aliphatic heterocycles. The van der Waals surface area contributed by atoms with Crippen LogP contribution in [0.2, 0.25) is 0 Å². The molecular weight excluding hydrogens is 358 g/mol. The first-order valence-corrected chi connectivity index (χ1v) is 9.59. The van der Waals surface area contributed by atoms with E-state index in [9.17, 15) is 9.90 Å². The van der Waals surface area contributed by atoms with E-state index in [0.29, 0.717) is 5.56 Å². The van der Waals surface area contributed by atoms with Crippen molar-refractivity contribution < 1.29 is 9.90 Å². The molecule has 3 heteroatoms. The van der Waals surface area contributed by atoms with Gasteiger partial charge in [0.2, 0.25) is 0 Å². The van der Waals surface area contributed by atoms with Crippen molar-refractivity contribution in [1.29, 1.82) is 0 Å². The number of ketones is 1. The maximum Gasteiger partial charge on any atom is 0.188 e. The summed E-state index contributed by atoms with van der Waals surface area (Å²) in [6, 6.07) is 32.5. The standard InChI is InChI=1S/C26H19NO2/c28-17-26(29)21-14-19-10-4-6-12-22(19)25(16-21)27-23-13-7-5-11-20(23)15-24(27)18-8-2-1-3-9-18/h1-16,28H,17H2. The van der Waals surface area contributed by atoms with Gasteiger partial charge in [-0.25, -0.2) is 0 Å². The number of rotatable bonds is 4. The van der Waals surface area contributed by atoms with Crippen LogP contribution in [0.25, 0.3) is 38.6 Å². The van der Waals surface area contributed by atoms with Crippen LogP contribution >= 0.6 is 0 Å². The van der Waals surface area contributed by atoms with Crippen LogP contribution in [0.1, 0.15) is 10.4 Å². The Balaban J connectivity index is 1.91. The summed E-state index contributed by atoms with van der Waals surface area (Å²) in [6.45, 7) is -0.504. The number of benzene rings is 4. The molecule has 140 valence electrons. The van der Waals surface area contributed by atoms with Crippen LogP contribution in [0.3, 0.4) is 0 Å². The van der Waals surface area contributed by atoms with Crippen LogP contribution in [0, 0.1) is 0 Å². The summed E-state index contributed by atoms with van der Waals surface area (Å²) in [5.74, 6) is -0.283. The quantitative estimate of drug-likeness (QED) is 0.413. The van der Waals surface area contributed by atoms with Crippen LogP contribution in [0.4, 0.5) is 0 Å². The van der Waals surface area contributed by atoms with Crippen molar-refractivity contribution in [3.63, 3.8) is 0 Å². The molecule has 0 bridgehead atoms. The van der Waals surface area contributed by atoms with E-state index in [2.05, 4.69) is 41.0 Å². The second-order valence-electron chi connectivity index (χ2n) is 7.09. The highest BCUT2D eigenvalue weighted by molar-refractivity contribution is 6.04. The van der Waals surface area contributed by atoms with Gasteiger partial charge in [-0.15, -0.1) is 0 Å². The van der Waals surface area contributed by atoms with Crippen LogP contribution in [0.5, 0.6) is 0 Å². The van der Waals surface area contributed by atoms with Crippen LogP contribution in [0.15, 0.2) is 97.1 Å². The summed E-state index contributed by atoms with van der Waals surface area (Å²) in [6.07, 6.45) is 0. The number of carbonyl (C=O) groups excluding carboxylic acids is 1. The molecule has 5 aromatic rings. The number of Topliss-reactive ketones (excluding diaryl/α,β-unsaturated/α-hetero) is 1. The van der Waals surface area contributed by atoms with Gasteiger partial charge in [-0.1, -0.05) is 72.8 Å². The Morgan fingerprint density at radius 1 is 0.759 bits per heavy atom. The molecule has 0 unspecified atom stereocenters. The summed E-state index contributed by atoms with van der Waals surface area (Å²) in [4.78, 5) is 12.3. The molecule has 5 rings (SSSR count). The first-order valence-electron chi connectivity index (χ1n) is 9.59. The van der Waals surface area contributed by atoms with Gasteiger partial charge in [0.15, 0.2) is 5.78 Å². The van der Waals surface area contributed by atoms with Gasteiger partial charge in [0, 0.05) is 16.3 Å². The second-order valence-corrected chi connectivity index (χ2v) is 7.09. The van der Waals surface area contributed by atoms with Crippen molar-refractivity contribution in [3.8, 4) is 16.9 Å². The number of aliphatic hydroxyl groups excluding tert-OH is 1. The fourth-order valence-corrected chi connectivity index (χ4v) is 3.96. The van der Waals surface area contributed by atoms with Gasteiger partial charge in [-0.3, -0.25) is 4.79 Å². The average molecular weight is 377 g/mol. The SMILES string of the molecule is O=C(CO)c1cc(-n2c(-c3ccccc3)cc3ccccc32)c2ccccc2c1. The fraction of sp³-hybridized carbons (Fsp3) is 0.0385. The Hall–Kier alpha value is -3.69. The third-order valence-electron chi connectivity index (χ3n) is 5.33. The molecule has 0 spiro atoms. The van der Waals surface area contributed by atoms with Gasteiger partial charge in [0.25, 0.3) is 0 Å². The topological polar surface area (TPSA) is 42.2 Å². The maximum absolute atomic E-state index is 12.3. The molecule has 3 nitrogen and oxygen atoms in total. The van der Waals surface area contributed by atoms with Crippen molar-refractivity contribution in [3.05, 3.63) is 103 Å². The van der Waals surface area contributed by atoms with E-state index in [1.807, 2.05) is 60.7 Å².